The first-order valence-electron chi connectivity index (χ1n) is 6.55. The first kappa shape index (κ1) is 13.5. The Kier molecular flexibility index (Phi) is 4.80. The van der Waals surface area contributed by atoms with Crippen molar-refractivity contribution in [3.8, 4) is 6.07 Å². The summed E-state index contributed by atoms with van der Waals surface area (Å²) in [6.07, 6.45) is 3.21. The van der Waals surface area contributed by atoms with Crippen LogP contribution in [-0.4, -0.2) is 24.5 Å². The molecule has 1 saturated heterocycles. The second-order valence-corrected chi connectivity index (χ2v) is 6.30. The van der Waals surface area contributed by atoms with Gasteiger partial charge in [-0.2, -0.15) is 5.26 Å². The fourth-order valence-corrected chi connectivity index (χ4v) is 2.63. The summed E-state index contributed by atoms with van der Waals surface area (Å²) in [5.74, 6) is 1.38. The van der Waals surface area contributed by atoms with E-state index >= 15 is 0 Å². The molecule has 0 aromatic heterocycles. The molecule has 0 aliphatic carbocycles. The standard InChI is InChI=1S/C14H26N2/c1-12(2)6-9-16-10-7-13(5-8-15)14(3,4)11-16/h12-13H,5-7,9-11H2,1-4H3. The predicted molar refractivity (Wildman–Crippen MR) is 68.0 cm³/mol. The number of likely N-dealkylation sites (tertiary alicyclic amines) is 1. The highest BCUT2D eigenvalue weighted by atomic mass is 15.1. The van der Waals surface area contributed by atoms with Crippen LogP contribution in [-0.2, 0) is 0 Å². The van der Waals surface area contributed by atoms with E-state index in [0.717, 1.165) is 18.9 Å². The molecule has 1 aliphatic rings. The molecule has 0 saturated carbocycles. The lowest BCUT2D eigenvalue weighted by Gasteiger charge is -2.43. The number of hydrogen-bond donors (Lipinski definition) is 0. The largest absolute Gasteiger partial charge is 0.303 e. The minimum Gasteiger partial charge on any atom is -0.303 e. The lowest BCUT2D eigenvalue weighted by atomic mass is 9.72. The maximum absolute atomic E-state index is 8.83. The average Bonchev–Trinajstić information content (AvgIpc) is 2.18. The summed E-state index contributed by atoms with van der Waals surface area (Å²) in [6, 6.07) is 2.34. The van der Waals surface area contributed by atoms with Crippen LogP contribution >= 0.6 is 0 Å². The molecule has 0 aromatic carbocycles. The van der Waals surface area contributed by atoms with Crippen molar-refractivity contribution < 1.29 is 0 Å². The highest BCUT2D eigenvalue weighted by molar-refractivity contribution is 4.91. The van der Waals surface area contributed by atoms with Gasteiger partial charge in [0.15, 0.2) is 0 Å². The predicted octanol–water partition coefficient (Wildman–Crippen LogP) is 3.29. The number of nitrogens with zero attached hydrogens (tertiary/aromatic N) is 2. The zero-order valence-electron chi connectivity index (χ0n) is 11.3. The van der Waals surface area contributed by atoms with Gasteiger partial charge < -0.3 is 4.90 Å². The molecule has 1 heterocycles. The molecule has 2 nitrogen and oxygen atoms in total. The molecule has 1 fully saturated rings. The first-order chi connectivity index (χ1) is 7.45. The second kappa shape index (κ2) is 5.68. The van der Waals surface area contributed by atoms with Crippen molar-refractivity contribution in [2.24, 2.45) is 17.3 Å². The lowest BCUT2D eigenvalue weighted by molar-refractivity contribution is 0.0548. The maximum Gasteiger partial charge on any atom is 0.0624 e. The maximum atomic E-state index is 8.83. The van der Waals surface area contributed by atoms with Crippen molar-refractivity contribution in [3.63, 3.8) is 0 Å². The quantitative estimate of drug-likeness (QED) is 0.730. The summed E-state index contributed by atoms with van der Waals surface area (Å²) >= 11 is 0. The number of rotatable bonds is 4. The molecule has 0 spiro atoms. The normalized spacial score (nSPS) is 25.6. The van der Waals surface area contributed by atoms with Crippen LogP contribution in [0.4, 0.5) is 0 Å². The van der Waals surface area contributed by atoms with Crippen molar-refractivity contribution in [1.82, 2.24) is 4.90 Å². The fraction of sp³-hybridized carbons (Fsp3) is 0.929. The Morgan fingerprint density at radius 1 is 1.44 bits per heavy atom. The number of piperidine rings is 1. The van der Waals surface area contributed by atoms with E-state index in [-0.39, 0.29) is 0 Å². The highest BCUT2D eigenvalue weighted by Gasteiger charge is 2.35. The van der Waals surface area contributed by atoms with Gasteiger partial charge in [-0.25, -0.2) is 0 Å². The molecule has 0 N–H and O–H groups in total. The molecule has 0 bridgehead atoms. The van der Waals surface area contributed by atoms with E-state index in [2.05, 4.69) is 38.7 Å². The van der Waals surface area contributed by atoms with E-state index in [1.807, 2.05) is 0 Å². The average molecular weight is 222 g/mol. The zero-order valence-corrected chi connectivity index (χ0v) is 11.3. The van der Waals surface area contributed by atoms with Gasteiger partial charge in [0, 0.05) is 13.0 Å². The molecular formula is C14H26N2. The van der Waals surface area contributed by atoms with Crippen molar-refractivity contribution in [2.75, 3.05) is 19.6 Å². The van der Waals surface area contributed by atoms with Gasteiger partial charge in [-0.1, -0.05) is 27.7 Å². The molecule has 92 valence electrons. The summed E-state index contributed by atoms with van der Waals surface area (Å²) in [5, 5.41) is 8.83. The van der Waals surface area contributed by atoms with Gasteiger partial charge in [0.05, 0.1) is 6.07 Å². The van der Waals surface area contributed by atoms with Crippen LogP contribution in [0.3, 0.4) is 0 Å². The topological polar surface area (TPSA) is 27.0 Å². The molecule has 0 radical (unpaired) electrons. The van der Waals surface area contributed by atoms with Gasteiger partial charge in [0.25, 0.3) is 0 Å². The molecular weight excluding hydrogens is 196 g/mol. The van der Waals surface area contributed by atoms with Crippen LogP contribution in [0.15, 0.2) is 0 Å². The van der Waals surface area contributed by atoms with E-state index in [9.17, 15) is 0 Å². The Hall–Kier alpha value is -0.550. The van der Waals surface area contributed by atoms with Crippen molar-refractivity contribution in [1.29, 1.82) is 5.26 Å². The van der Waals surface area contributed by atoms with E-state index in [0.29, 0.717) is 11.3 Å². The van der Waals surface area contributed by atoms with E-state index in [1.165, 1.54) is 25.9 Å². The Morgan fingerprint density at radius 3 is 2.62 bits per heavy atom. The third kappa shape index (κ3) is 3.79. The van der Waals surface area contributed by atoms with Crippen LogP contribution < -0.4 is 0 Å². The van der Waals surface area contributed by atoms with Crippen molar-refractivity contribution >= 4 is 0 Å². The van der Waals surface area contributed by atoms with Crippen molar-refractivity contribution in [2.45, 2.75) is 47.0 Å². The number of hydrogen-bond acceptors (Lipinski definition) is 2. The van der Waals surface area contributed by atoms with Crippen LogP contribution in [0, 0.1) is 28.6 Å². The Morgan fingerprint density at radius 2 is 2.12 bits per heavy atom. The molecule has 2 heteroatoms. The van der Waals surface area contributed by atoms with Crippen molar-refractivity contribution in [3.05, 3.63) is 0 Å². The minimum atomic E-state index is 0.310. The second-order valence-electron chi connectivity index (χ2n) is 6.30. The zero-order chi connectivity index (χ0) is 12.2. The fourth-order valence-electron chi connectivity index (χ4n) is 2.63. The summed E-state index contributed by atoms with van der Waals surface area (Å²) in [4.78, 5) is 2.58. The van der Waals surface area contributed by atoms with E-state index in [1.54, 1.807) is 0 Å². The molecule has 0 aromatic rings. The number of nitriles is 1. The molecule has 1 atom stereocenters. The first-order valence-corrected chi connectivity index (χ1v) is 6.55. The van der Waals surface area contributed by atoms with Crippen LogP contribution in [0.5, 0.6) is 0 Å². The van der Waals surface area contributed by atoms with Gasteiger partial charge >= 0.3 is 0 Å². The van der Waals surface area contributed by atoms with Crippen LogP contribution in [0.1, 0.15) is 47.0 Å². The Bertz CT molecular complexity index is 250. The summed E-state index contributed by atoms with van der Waals surface area (Å²) in [7, 11) is 0. The van der Waals surface area contributed by atoms with Gasteiger partial charge in [0.2, 0.25) is 0 Å². The molecule has 1 unspecified atom stereocenters. The van der Waals surface area contributed by atoms with E-state index < -0.39 is 0 Å². The third-order valence-corrected chi connectivity index (χ3v) is 3.89. The van der Waals surface area contributed by atoms with Gasteiger partial charge in [-0.05, 0) is 43.2 Å². The summed E-state index contributed by atoms with van der Waals surface area (Å²) in [6.45, 7) is 12.8. The molecule has 16 heavy (non-hydrogen) atoms. The molecule has 1 aliphatic heterocycles. The monoisotopic (exact) mass is 222 g/mol. The summed E-state index contributed by atoms with van der Waals surface area (Å²) < 4.78 is 0. The van der Waals surface area contributed by atoms with Gasteiger partial charge in [-0.15, -0.1) is 0 Å². The van der Waals surface area contributed by atoms with Crippen LogP contribution in [0.25, 0.3) is 0 Å². The molecule has 0 amide bonds. The third-order valence-electron chi connectivity index (χ3n) is 3.89. The Labute approximate surface area is 101 Å². The van der Waals surface area contributed by atoms with Crippen LogP contribution in [0.2, 0.25) is 0 Å². The summed E-state index contributed by atoms with van der Waals surface area (Å²) in [5.41, 5.74) is 0.310. The smallest absolute Gasteiger partial charge is 0.0624 e. The minimum absolute atomic E-state index is 0.310. The van der Waals surface area contributed by atoms with Gasteiger partial charge in [0.1, 0.15) is 0 Å². The molecule has 1 rings (SSSR count). The Balaban J connectivity index is 2.44. The SMILES string of the molecule is CC(C)CCN1CCC(CC#N)C(C)(C)C1. The lowest BCUT2D eigenvalue weighted by Crippen LogP contribution is -2.46. The van der Waals surface area contributed by atoms with Gasteiger partial charge in [-0.3, -0.25) is 0 Å². The highest BCUT2D eigenvalue weighted by Crippen LogP contribution is 2.36. The van der Waals surface area contributed by atoms with E-state index in [4.69, 9.17) is 5.26 Å².